The lowest BCUT2D eigenvalue weighted by atomic mass is 10.0. The summed E-state index contributed by atoms with van der Waals surface area (Å²) in [7, 11) is 0. The fourth-order valence-corrected chi connectivity index (χ4v) is 2.45. The molecule has 0 amide bonds. The number of anilines is 1. The van der Waals surface area contributed by atoms with Crippen molar-refractivity contribution in [2.75, 3.05) is 5.73 Å². The molecule has 0 aliphatic rings. The molecule has 0 atom stereocenters. The molecule has 0 radical (unpaired) electrons. The largest absolute Gasteiger partial charge is 0.505 e. The quantitative estimate of drug-likeness (QED) is 0.333. The van der Waals surface area contributed by atoms with E-state index in [1.807, 2.05) is 0 Å². The van der Waals surface area contributed by atoms with Crippen molar-refractivity contribution in [3.05, 3.63) is 58.8 Å². The normalized spacial score (nSPS) is 10.9. The summed E-state index contributed by atoms with van der Waals surface area (Å²) in [4.78, 5) is 13.4. The molecule has 6 nitrogen and oxygen atoms in total. The van der Waals surface area contributed by atoms with Crippen molar-refractivity contribution in [2.45, 2.75) is 6.92 Å². The second-order valence-corrected chi connectivity index (χ2v) is 5.58. The highest BCUT2D eigenvalue weighted by Gasteiger charge is 2.18. The van der Waals surface area contributed by atoms with Crippen LogP contribution in [0.4, 0.5) is 5.69 Å². The first-order valence-corrected chi connectivity index (χ1v) is 7.10. The number of ketones is 1. The van der Waals surface area contributed by atoms with Crippen LogP contribution in [0.15, 0.2) is 42.7 Å². The van der Waals surface area contributed by atoms with Gasteiger partial charge in [0.2, 0.25) is 5.78 Å². The Bertz CT molecular complexity index is 962. The highest BCUT2D eigenvalue weighted by atomic mass is 35.5. The van der Waals surface area contributed by atoms with E-state index in [1.54, 1.807) is 37.3 Å². The van der Waals surface area contributed by atoms with E-state index in [-0.39, 0.29) is 11.3 Å². The third-order valence-corrected chi connectivity index (χ3v) is 3.60. The first kappa shape index (κ1) is 15.1. The minimum Gasteiger partial charge on any atom is -0.505 e. The van der Waals surface area contributed by atoms with Crippen LogP contribution < -0.4 is 5.73 Å². The lowest BCUT2D eigenvalue weighted by Crippen LogP contribution is -2.11. The number of aliphatic hydroxyl groups excluding tert-OH is 1. The summed E-state index contributed by atoms with van der Waals surface area (Å²) < 4.78 is 0. The molecule has 0 unspecified atom stereocenters. The SMILES string of the molecule is C=C(O)C(=O)c1cc(C)cc(-n2nc3ccc(Cl)cc3n2)c1N. The smallest absolute Gasteiger partial charge is 0.228 e. The zero-order chi connectivity index (χ0) is 16.7. The molecule has 0 spiro atoms. The van der Waals surface area contributed by atoms with Crippen LogP contribution in [0.2, 0.25) is 5.02 Å². The average Bonchev–Trinajstić information content (AvgIpc) is 2.91. The highest BCUT2D eigenvalue weighted by Crippen LogP contribution is 2.26. The number of allylic oxidation sites excluding steroid dienone is 1. The summed E-state index contributed by atoms with van der Waals surface area (Å²) in [6, 6.07) is 8.49. The van der Waals surface area contributed by atoms with E-state index in [1.165, 1.54) is 4.80 Å². The van der Waals surface area contributed by atoms with Gasteiger partial charge in [0, 0.05) is 5.02 Å². The number of hydrogen-bond donors (Lipinski definition) is 2. The molecule has 2 aromatic carbocycles. The average molecular weight is 329 g/mol. The van der Waals surface area contributed by atoms with Gasteiger partial charge < -0.3 is 10.8 Å². The van der Waals surface area contributed by atoms with Crippen LogP contribution in [0.25, 0.3) is 16.7 Å². The van der Waals surface area contributed by atoms with Gasteiger partial charge in [0.05, 0.1) is 11.3 Å². The number of carbonyl (C=O) groups excluding carboxylic acids is 1. The third kappa shape index (κ3) is 2.64. The van der Waals surface area contributed by atoms with Crippen LogP contribution in [0.1, 0.15) is 15.9 Å². The number of halogens is 1. The summed E-state index contributed by atoms with van der Waals surface area (Å²) in [5.74, 6) is -1.20. The van der Waals surface area contributed by atoms with E-state index in [9.17, 15) is 9.90 Å². The maximum Gasteiger partial charge on any atom is 0.228 e. The molecule has 3 aromatic rings. The fraction of sp³-hybridized carbons (Fsp3) is 0.0625. The van der Waals surface area contributed by atoms with Gasteiger partial charge in [-0.15, -0.1) is 15.0 Å². The number of nitrogens with zero attached hydrogens (tertiary/aromatic N) is 3. The van der Waals surface area contributed by atoms with Gasteiger partial charge in [-0.05, 0) is 42.8 Å². The molecule has 0 aliphatic carbocycles. The summed E-state index contributed by atoms with van der Waals surface area (Å²) >= 11 is 5.95. The topological polar surface area (TPSA) is 94.0 Å². The van der Waals surface area contributed by atoms with Gasteiger partial charge in [-0.3, -0.25) is 4.79 Å². The predicted molar refractivity (Wildman–Crippen MR) is 89.1 cm³/mol. The Balaban J connectivity index is 2.22. The standard InChI is InChI=1S/C16H13ClN4O2/c1-8-5-11(16(23)9(2)22)15(18)14(6-8)21-19-12-4-3-10(17)7-13(12)20-21/h3-7,22H,2,18H2,1H3. The number of nitrogens with two attached hydrogens (primary N) is 1. The molecule has 0 saturated carbocycles. The fourth-order valence-electron chi connectivity index (χ4n) is 2.28. The van der Waals surface area contributed by atoms with Gasteiger partial charge in [-0.2, -0.15) is 0 Å². The van der Waals surface area contributed by atoms with Crippen LogP contribution in [-0.4, -0.2) is 25.9 Å². The molecule has 7 heteroatoms. The first-order chi connectivity index (χ1) is 10.9. The zero-order valence-corrected chi connectivity index (χ0v) is 13.0. The molecule has 0 bridgehead atoms. The number of nitrogen functional groups attached to an aromatic ring is 1. The molecule has 1 aromatic heterocycles. The molecule has 1 heterocycles. The maximum atomic E-state index is 12.0. The van der Waals surface area contributed by atoms with E-state index < -0.39 is 11.5 Å². The second kappa shape index (κ2) is 5.40. The molecule has 3 N–H and O–H groups in total. The number of aryl methyl sites for hydroxylation is 1. The van der Waals surface area contributed by atoms with Crippen molar-refractivity contribution in [1.82, 2.24) is 15.0 Å². The zero-order valence-electron chi connectivity index (χ0n) is 12.2. The van der Waals surface area contributed by atoms with Crippen molar-refractivity contribution in [3.8, 4) is 5.69 Å². The molecule has 116 valence electrons. The Morgan fingerprint density at radius 2 is 1.96 bits per heavy atom. The maximum absolute atomic E-state index is 12.0. The van der Waals surface area contributed by atoms with Crippen molar-refractivity contribution >= 4 is 34.1 Å². The van der Waals surface area contributed by atoms with Gasteiger partial charge in [0.1, 0.15) is 16.7 Å². The van der Waals surface area contributed by atoms with Crippen molar-refractivity contribution in [2.24, 2.45) is 0 Å². The molecule has 0 aliphatic heterocycles. The number of hydrogen-bond acceptors (Lipinski definition) is 5. The van der Waals surface area contributed by atoms with E-state index in [0.29, 0.717) is 21.7 Å². The number of carbonyl (C=O) groups is 1. The van der Waals surface area contributed by atoms with Crippen LogP contribution in [0, 0.1) is 6.92 Å². The van der Waals surface area contributed by atoms with Crippen molar-refractivity contribution in [1.29, 1.82) is 0 Å². The molecule has 23 heavy (non-hydrogen) atoms. The molecule has 0 saturated heterocycles. The molecular formula is C16H13ClN4O2. The summed E-state index contributed by atoms with van der Waals surface area (Å²) in [6.45, 7) is 5.05. The van der Waals surface area contributed by atoms with E-state index in [0.717, 1.165) is 5.56 Å². The Hall–Kier alpha value is -2.86. The van der Waals surface area contributed by atoms with Crippen molar-refractivity contribution < 1.29 is 9.90 Å². The van der Waals surface area contributed by atoms with E-state index in [2.05, 4.69) is 16.8 Å². The van der Waals surface area contributed by atoms with Crippen LogP contribution in [0.5, 0.6) is 0 Å². The Kier molecular flexibility index (Phi) is 3.54. The molecular weight excluding hydrogens is 316 g/mol. The van der Waals surface area contributed by atoms with Gasteiger partial charge >= 0.3 is 0 Å². The van der Waals surface area contributed by atoms with Gasteiger partial charge in [-0.1, -0.05) is 18.2 Å². The lowest BCUT2D eigenvalue weighted by Gasteiger charge is -2.10. The minimum absolute atomic E-state index is 0.159. The minimum atomic E-state index is -0.632. The number of benzene rings is 2. The molecule has 0 fully saturated rings. The van der Waals surface area contributed by atoms with Gasteiger partial charge in [0.15, 0.2) is 5.76 Å². The number of fused-ring (bicyclic) bond motifs is 1. The van der Waals surface area contributed by atoms with Gasteiger partial charge in [-0.25, -0.2) is 0 Å². The highest BCUT2D eigenvalue weighted by molar-refractivity contribution is 6.31. The van der Waals surface area contributed by atoms with Crippen LogP contribution in [0.3, 0.4) is 0 Å². The number of Topliss-reactive ketones (excluding diaryl/α,β-unsaturated/α-hetero) is 1. The summed E-state index contributed by atoms with van der Waals surface area (Å²) in [5.41, 5.74) is 8.88. The summed E-state index contributed by atoms with van der Waals surface area (Å²) in [6.07, 6.45) is 0. The molecule has 3 rings (SSSR count). The number of aliphatic hydroxyl groups is 1. The van der Waals surface area contributed by atoms with Crippen LogP contribution >= 0.6 is 11.6 Å². The summed E-state index contributed by atoms with van der Waals surface area (Å²) in [5, 5.41) is 18.6. The monoisotopic (exact) mass is 328 g/mol. The Morgan fingerprint density at radius 1 is 1.26 bits per heavy atom. The van der Waals surface area contributed by atoms with E-state index in [4.69, 9.17) is 17.3 Å². The van der Waals surface area contributed by atoms with Crippen molar-refractivity contribution in [3.63, 3.8) is 0 Å². The lowest BCUT2D eigenvalue weighted by molar-refractivity contribution is 0.0979. The second-order valence-electron chi connectivity index (χ2n) is 5.14. The first-order valence-electron chi connectivity index (χ1n) is 6.72. The third-order valence-electron chi connectivity index (χ3n) is 3.37. The van der Waals surface area contributed by atoms with Gasteiger partial charge in [0.25, 0.3) is 0 Å². The number of aromatic nitrogens is 3. The predicted octanol–water partition coefficient (Wildman–Crippen LogP) is 3.22. The Morgan fingerprint density at radius 3 is 2.65 bits per heavy atom. The van der Waals surface area contributed by atoms with E-state index >= 15 is 0 Å². The van der Waals surface area contributed by atoms with Crippen LogP contribution in [-0.2, 0) is 0 Å². The number of rotatable bonds is 3. The Labute approximate surface area is 136 Å².